The molecule has 1 heterocycles. The first-order chi connectivity index (χ1) is 5.08. The van der Waals surface area contributed by atoms with Crippen molar-refractivity contribution in [2.45, 2.75) is 23.7 Å². The summed E-state index contributed by atoms with van der Waals surface area (Å²) in [6.45, 7) is 3.65. The fraction of sp³-hybridized carbons (Fsp3) is 0.500. The molecule has 1 nitrogen and oxygen atoms in total. The van der Waals surface area contributed by atoms with Gasteiger partial charge in [0.1, 0.15) is 0 Å². The molecule has 62 valence electrons. The summed E-state index contributed by atoms with van der Waals surface area (Å²) < 4.78 is 1.27. The molecule has 0 saturated carbocycles. The van der Waals surface area contributed by atoms with Crippen molar-refractivity contribution in [2.75, 3.05) is 5.75 Å². The SMILES string of the molecule is CC(C)(O)CSc1cccs1. The van der Waals surface area contributed by atoms with Crippen LogP contribution in [-0.2, 0) is 0 Å². The van der Waals surface area contributed by atoms with E-state index >= 15 is 0 Å². The van der Waals surface area contributed by atoms with Gasteiger partial charge in [0.05, 0.1) is 9.81 Å². The second-order valence-corrected chi connectivity index (χ2v) is 5.26. The van der Waals surface area contributed by atoms with E-state index in [1.165, 1.54) is 4.21 Å². The van der Waals surface area contributed by atoms with E-state index in [0.29, 0.717) is 0 Å². The summed E-state index contributed by atoms with van der Waals surface area (Å²) >= 11 is 3.42. The highest BCUT2D eigenvalue weighted by atomic mass is 32.2. The fourth-order valence-electron chi connectivity index (χ4n) is 0.593. The summed E-state index contributed by atoms with van der Waals surface area (Å²) in [6.07, 6.45) is 0. The second-order valence-electron chi connectivity index (χ2n) is 3.03. The predicted molar refractivity (Wildman–Crippen MR) is 51.3 cm³/mol. The molecule has 0 aliphatic rings. The molecule has 0 radical (unpaired) electrons. The molecule has 0 unspecified atom stereocenters. The maximum Gasteiger partial charge on any atom is 0.0685 e. The minimum Gasteiger partial charge on any atom is -0.390 e. The largest absolute Gasteiger partial charge is 0.390 e. The average Bonchev–Trinajstić information content (AvgIpc) is 2.32. The van der Waals surface area contributed by atoms with Crippen LogP contribution in [0.25, 0.3) is 0 Å². The van der Waals surface area contributed by atoms with Gasteiger partial charge in [-0.05, 0) is 25.3 Å². The molecular weight excluding hydrogens is 176 g/mol. The summed E-state index contributed by atoms with van der Waals surface area (Å²) in [5, 5.41) is 11.4. The van der Waals surface area contributed by atoms with Crippen molar-refractivity contribution in [3.63, 3.8) is 0 Å². The van der Waals surface area contributed by atoms with Crippen LogP contribution < -0.4 is 0 Å². The molecule has 0 saturated heterocycles. The van der Waals surface area contributed by atoms with E-state index in [2.05, 4.69) is 6.07 Å². The summed E-state index contributed by atoms with van der Waals surface area (Å²) in [5.74, 6) is 0.757. The third-order valence-corrected chi connectivity index (χ3v) is 3.64. The van der Waals surface area contributed by atoms with Gasteiger partial charge in [-0.2, -0.15) is 0 Å². The second kappa shape index (κ2) is 3.61. The van der Waals surface area contributed by atoms with Crippen LogP contribution in [0.5, 0.6) is 0 Å². The first-order valence-electron chi connectivity index (χ1n) is 3.47. The van der Waals surface area contributed by atoms with Crippen LogP contribution in [0.4, 0.5) is 0 Å². The van der Waals surface area contributed by atoms with Crippen molar-refractivity contribution in [3.05, 3.63) is 17.5 Å². The van der Waals surface area contributed by atoms with Crippen molar-refractivity contribution in [2.24, 2.45) is 0 Å². The Morgan fingerprint density at radius 2 is 2.36 bits per heavy atom. The minimum atomic E-state index is -0.561. The van der Waals surface area contributed by atoms with Crippen LogP contribution in [0.1, 0.15) is 13.8 Å². The van der Waals surface area contributed by atoms with Gasteiger partial charge in [0.15, 0.2) is 0 Å². The maximum absolute atomic E-state index is 9.40. The topological polar surface area (TPSA) is 20.2 Å². The maximum atomic E-state index is 9.40. The number of rotatable bonds is 3. The Hall–Kier alpha value is 0.01000. The van der Waals surface area contributed by atoms with E-state index in [1.807, 2.05) is 25.3 Å². The molecule has 0 spiro atoms. The standard InChI is InChI=1S/C8H12OS2/c1-8(2,9)6-11-7-4-3-5-10-7/h3-5,9H,6H2,1-2H3. The van der Waals surface area contributed by atoms with Crippen molar-refractivity contribution in [1.82, 2.24) is 0 Å². The molecule has 0 bridgehead atoms. The monoisotopic (exact) mass is 188 g/mol. The molecule has 0 atom stereocenters. The van der Waals surface area contributed by atoms with Crippen LogP contribution in [-0.4, -0.2) is 16.5 Å². The van der Waals surface area contributed by atoms with E-state index in [9.17, 15) is 5.11 Å². The van der Waals surface area contributed by atoms with E-state index in [0.717, 1.165) is 5.75 Å². The Kier molecular flexibility index (Phi) is 2.98. The van der Waals surface area contributed by atoms with Gasteiger partial charge in [-0.15, -0.1) is 23.1 Å². The molecule has 1 aromatic rings. The number of hydrogen-bond acceptors (Lipinski definition) is 3. The molecule has 11 heavy (non-hydrogen) atoms. The molecule has 1 N–H and O–H groups in total. The summed E-state index contributed by atoms with van der Waals surface area (Å²) in [5.41, 5.74) is -0.561. The lowest BCUT2D eigenvalue weighted by Crippen LogP contribution is -2.21. The lowest BCUT2D eigenvalue weighted by Gasteiger charge is -2.14. The van der Waals surface area contributed by atoms with Crippen molar-refractivity contribution in [1.29, 1.82) is 0 Å². The average molecular weight is 188 g/mol. The van der Waals surface area contributed by atoms with Gasteiger partial charge in [-0.3, -0.25) is 0 Å². The van der Waals surface area contributed by atoms with E-state index < -0.39 is 5.60 Å². The van der Waals surface area contributed by atoms with Crippen molar-refractivity contribution < 1.29 is 5.11 Å². The quantitative estimate of drug-likeness (QED) is 0.736. The number of aliphatic hydroxyl groups is 1. The minimum absolute atomic E-state index is 0.561. The Morgan fingerprint density at radius 1 is 1.64 bits per heavy atom. The van der Waals surface area contributed by atoms with Crippen molar-refractivity contribution >= 4 is 23.1 Å². The Morgan fingerprint density at radius 3 is 2.82 bits per heavy atom. The molecule has 1 rings (SSSR count). The fourth-order valence-corrected chi connectivity index (χ4v) is 2.33. The Labute approximate surface area is 75.4 Å². The third kappa shape index (κ3) is 3.79. The number of hydrogen-bond donors (Lipinski definition) is 1. The predicted octanol–water partition coefficient (Wildman–Crippen LogP) is 2.61. The molecule has 0 aliphatic carbocycles. The summed E-state index contributed by atoms with van der Waals surface area (Å²) in [7, 11) is 0. The molecule has 0 aromatic carbocycles. The highest BCUT2D eigenvalue weighted by Crippen LogP contribution is 2.26. The van der Waals surface area contributed by atoms with Gasteiger partial charge in [-0.1, -0.05) is 6.07 Å². The number of thioether (sulfide) groups is 1. The smallest absolute Gasteiger partial charge is 0.0685 e. The zero-order valence-corrected chi connectivity index (χ0v) is 8.34. The van der Waals surface area contributed by atoms with Crippen LogP contribution in [0, 0.1) is 0 Å². The van der Waals surface area contributed by atoms with Gasteiger partial charge < -0.3 is 5.11 Å². The van der Waals surface area contributed by atoms with Crippen LogP contribution in [0.2, 0.25) is 0 Å². The first-order valence-corrected chi connectivity index (χ1v) is 5.33. The molecule has 3 heteroatoms. The third-order valence-electron chi connectivity index (χ3n) is 1.06. The van der Waals surface area contributed by atoms with Crippen LogP contribution >= 0.6 is 23.1 Å². The Balaban J connectivity index is 2.35. The highest BCUT2D eigenvalue weighted by Gasteiger charge is 2.12. The van der Waals surface area contributed by atoms with Crippen molar-refractivity contribution in [3.8, 4) is 0 Å². The first kappa shape index (κ1) is 9.10. The lowest BCUT2D eigenvalue weighted by atomic mass is 10.2. The van der Waals surface area contributed by atoms with E-state index in [4.69, 9.17) is 0 Å². The van der Waals surface area contributed by atoms with Gasteiger partial charge >= 0.3 is 0 Å². The molecule has 0 fully saturated rings. The summed E-state index contributed by atoms with van der Waals surface area (Å²) in [4.78, 5) is 0. The highest BCUT2D eigenvalue weighted by molar-refractivity contribution is 8.01. The molecular formula is C8H12OS2. The Bertz CT molecular complexity index is 198. The molecule has 0 aliphatic heterocycles. The van der Waals surface area contributed by atoms with Gasteiger partial charge in [-0.25, -0.2) is 0 Å². The zero-order valence-electron chi connectivity index (χ0n) is 6.70. The molecule has 1 aromatic heterocycles. The van der Waals surface area contributed by atoms with Crippen LogP contribution in [0.15, 0.2) is 21.7 Å². The zero-order chi connectivity index (χ0) is 8.32. The number of thiophene rings is 1. The lowest BCUT2D eigenvalue weighted by molar-refractivity contribution is 0.107. The van der Waals surface area contributed by atoms with Gasteiger partial charge in [0.25, 0.3) is 0 Å². The van der Waals surface area contributed by atoms with Gasteiger partial charge in [0.2, 0.25) is 0 Å². The van der Waals surface area contributed by atoms with Crippen LogP contribution in [0.3, 0.4) is 0 Å². The molecule has 0 amide bonds. The van der Waals surface area contributed by atoms with E-state index in [1.54, 1.807) is 23.1 Å². The van der Waals surface area contributed by atoms with Gasteiger partial charge in [0, 0.05) is 5.75 Å². The van der Waals surface area contributed by atoms with E-state index in [-0.39, 0.29) is 0 Å². The summed E-state index contributed by atoms with van der Waals surface area (Å²) in [6, 6.07) is 4.10. The normalized spacial score (nSPS) is 11.9.